The first kappa shape index (κ1) is 17.1. The Kier molecular flexibility index (Phi) is 4.97. The number of thiazole rings is 1. The predicted molar refractivity (Wildman–Crippen MR) is 105 cm³/mol. The highest BCUT2D eigenvalue weighted by atomic mass is 32.1. The summed E-state index contributed by atoms with van der Waals surface area (Å²) in [5.41, 5.74) is 3.02. The SMILES string of the molecule is C[C@H]1OCCN[C@@H]1C(=O)Nc1ccc(Cc2nc3ccccc3s2)cc1. The van der Waals surface area contributed by atoms with E-state index in [2.05, 4.69) is 21.7 Å². The molecule has 26 heavy (non-hydrogen) atoms. The third kappa shape index (κ3) is 3.77. The van der Waals surface area contributed by atoms with E-state index in [1.54, 1.807) is 11.3 Å². The van der Waals surface area contributed by atoms with Gasteiger partial charge in [0.25, 0.3) is 0 Å². The molecule has 0 radical (unpaired) electrons. The van der Waals surface area contributed by atoms with E-state index in [0.717, 1.165) is 22.6 Å². The maximum absolute atomic E-state index is 12.4. The van der Waals surface area contributed by atoms with Crippen molar-refractivity contribution >= 4 is 33.1 Å². The number of anilines is 1. The Morgan fingerprint density at radius 1 is 1.27 bits per heavy atom. The first-order valence-corrected chi connectivity index (χ1v) is 9.60. The second-order valence-electron chi connectivity index (χ2n) is 6.45. The largest absolute Gasteiger partial charge is 0.375 e. The smallest absolute Gasteiger partial charge is 0.244 e. The van der Waals surface area contributed by atoms with Crippen LogP contribution in [0.3, 0.4) is 0 Å². The molecule has 1 fully saturated rings. The number of morpholine rings is 1. The maximum atomic E-state index is 12.4. The fraction of sp³-hybridized carbons (Fsp3) is 0.300. The Hall–Kier alpha value is -2.28. The van der Waals surface area contributed by atoms with Gasteiger partial charge in [0.1, 0.15) is 6.04 Å². The monoisotopic (exact) mass is 367 g/mol. The van der Waals surface area contributed by atoms with Crippen molar-refractivity contribution in [3.8, 4) is 0 Å². The molecular formula is C20H21N3O2S. The number of aromatic nitrogens is 1. The molecule has 1 saturated heterocycles. The summed E-state index contributed by atoms with van der Waals surface area (Å²) in [6.07, 6.45) is 0.671. The minimum atomic E-state index is -0.314. The van der Waals surface area contributed by atoms with Gasteiger partial charge in [-0.15, -0.1) is 11.3 Å². The third-order valence-corrected chi connectivity index (χ3v) is 5.55. The number of carbonyl (C=O) groups is 1. The zero-order chi connectivity index (χ0) is 17.9. The van der Waals surface area contributed by atoms with Gasteiger partial charge in [-0.2, -0.15) is 0 Å². The first-order valence-electron chi connectivity index (χ1n) is 8.78. The van der Waals surface area contributed by atoms with E-state index >= 15 is 0 Å². The molecule has 1 aliphatic rings. The van der Waals surface area contributed by atoms with Gasteiger partial charge >= 0.3 is 0 Å². The molecule has 0 spiro atoms. The van der Waals surface area contributed by atoms with Crippen molar-refractivity contribution < 1.29 is 9.53 Å². The lowest BCUT2D eigenvalue weighted by atomic mass is 10.1. The summed E-state index contributed by atoms with van der Waals surface area (Å²) in [6, 6.07) is 15.8. The number of amides is 1. The number of hydrogen-bond acceptors (Lipinski definition) is 5. The second-order valence-corrected chi connectivity index (χ2v) is 7.56. The molecule has 1 aliphatic heterocycles. The number of rotatable bonds is 4. The van der Waals surface area contributed by atoms with E-state index in [9.17, 15) is 4.79 Å². The van der Waals surface area contributed by atoms with Crippen molar-refractivity contribution in [2.75, 3.05) is 18.5 Å². The van der Waals surface area contributed by atoms with Crippen molar-refractivity contribution in [1.29, 1.82) is 0 Å². The predicted octanol–water partition coefficient (Wildman–Crippen LogP) is 3.20. The number of carbonyl (C=O) groups excluding carboxylic acids is 1. The van der Waals surface area contributed by atoms with E-state index in [-0.39, 0.29) is 18.1 Å². The van der Waals surface area contributed by atoms with Crippen LogP contribution in [0.2, 0.25) is 0 Å². The highest BCUT2D eigenvalue weighted by molar-refractivity contribution is 7.18. The van der Waals surface area contributed by atoms with Crippen LogP contribution in [-0.2, 0) is 16.0 Å². The number of ether oxygens (including phenoxy) is 1. The molecule has 3 aromatic rings. The van der Waals surface area contributed by atoms with Gasteiger partial charge in [-0.25, -0.2) is 4.98 Å². The van der Waals surface area contributed by atoms with Crippen LogP contribution in [0.15, 0.2) is 48.5 Å². The molecule has 4 rings (SSSR count). The normalized spacial score (nSPS) is 20.2. The zero-order valence-corrected chi connectivity index (χ0v) is 15.4. The summed E-state index contributed by atoms with van der Waals surface area (Å²) < 4.78 is 6.74. The van der Waals surface area contributed by atoms with Gasteiger partial charge in [-0.05, 0) is 36.8 Å². The summed E-state index contributed by atoms with van der Waals surface area (Å²) in [4.78, 5) is 17.1. The van der Waals surface area contributed by atoms with Gasteiger partial charge in [0.05, 0.1) is 27.9 Å². The van der Waals surface area contributed by atoms with Crippen LogP contribution < -0.4 is 10.6 Å². The van der Waals surface area contributed by atoms with Crippen molar-refractivity contribution in [2.45, 2.75) is 25.5 Å². The van der Waals surface area contributed by atoms with Crippen molar-refractivity contribution in [3.63, 3.8) is 0 Å². The fourth-order valence-corrected chi connectivity index (χ4v) is 4.12. The topological polar surface area (TPSA) is 63.2 Å². The molecule has 134 valence electrons. The molecule has 0 unspecified atom stereocenters. The van der Waals surface area contributed by atoms with Crippen LogP contribution in [0.5, 0.6) is 0 Å². The molecule has 2 heterocycles. The fourth-order valence-electron chi connectivity index (χ4n) is 3.12. The summed E-state index contributed by atoms with van der Waals surface area (Å²) in [5, 5.41) is 7.26. The number of fused-ring (bicyclic) bond motifs is 1. The van der Waals surface area contributed by atoms with Crippen LogP contribution in [0.1, 0.15) is 17.5 Å². The molecule has 6 heteroatoms. The molecule has 2 N–H and O–H groups in total. The molecule has 1 amide bonds. The van der Waals surface area contributed by atoms with Crippen LogP contribution in [0.25, 0.3) is 10.2 Å². The van der Waals surface area contributed by atoms with Crippen molar-refractivity contribution in [3.05, 3.63) is 59.1 Å². The van der Waals surface area contributed by atoms with E-state index < -0.39 is 0 Å². The van der Waals surface area contributed by atoms with E-state index in [1.807, 2.05) is 49.4 Å². The Morgan fingerprint density at radius 2 is 2.08 bits per heavy atom. The van der Waals surface area contributed by atoms with E-state index in [1.165, 1.54) is 10.3 Å². The number of benzene rings is 2. The Bertz CT molecular complexity index is 874. The van der Waals surface area contributed by atoms with Gasteiger partial charge in [-0.3, -0.25) is 4.79 Å². The minimum absolute atomic E-state index is 0.0591. The Labute approximate surface area is 156 Å². The molecule has 1 aromatic heterocycles. The average Bonchev–Trinajstić information content (AvgIpc) is 3.06. The van der Waals surface area contributed by atoms with Crippen molar-refractivity contribution in [2.24, 2.45) is 0 Å². The maximum Gasteiger partial charge on any atom is 0.244 e. The number of nitrogens with one attached hydrogen (secondary N) is 2. The van der Waals surface area contributed by atoms with Gasteiger partial charge in [0, 0.05) is 18.7 Å². The lowest BCUT2D eigenvalue weighted by Gasteiger charge is -2.29. The summed E-state index contributed by atoms with van der Waals surface area (Å²) in [7, 11) is 0. The summed E-state index contributed by atoms with van der Waals surface area (Å²) >= 11 is 1.72. The molecule has 0 saturated carbocycles. The standard InChI is InChI=1S/C20H21N3O2S/c1-13-19(21-10-11-25-13)20(24)22-15-8-6-14(7-9-15)12-18-23-16-4-2-3-5-17(16)26-18/h2-9,13,19,21H,10-12H2,1H3,(H,22,24)/t13-,19+/m1/s1. The third-order valence-electron chi connectivity index (χ3n) is 4.51. The lowest BCUT2D eigenvalue weighted by Crippen LogP contribution is -2.53. The summed E-state index contributed by atoms with van der Waals surface area (Å²) in [5.74, 6) is -0.0591. The molecule has 0 bridgehead atoms. The zero-order valence-electron chi connectivity index (χ0n) is 14.6. The first-order chi connectivity index (χ1) is 12.7. The lowest BCUT2D eigenvalue weighted by molar-refractivity contribution is -0.123. The summed E-state index contributed by atoms with van der Waals surface area (Å²) in [6.45, 7) is 3.26. The molecule has 2 aromatic carbocycles. The van der Waals surface area contributed by atoms with Crippen LogP contribution >= 0.6 is 11.3 Å². The Morgan fingerprint density at radius 3 is 2.85 bits per heavy atom. The Balaban J connectivity index is 1.40. The highest BCUT2D eigenvalue weighted by Gasteiger charge is 2.28. The average molecular weight is 367 g/mol. The van der Waals surface area contributed by atoms with Gasteiger partial charge in [0.15, 0.2) is 0 Å². The van der Waals surface area contributed by atoms with Gasteiger partial charge in [0.2, 0.25) is 5.91 Å². The molecule has 2 atom stereocenters. The molecule has 5 nitrogen and oxygen atoms in total. The van der Waals surface area contributed by atoms with Crippen LogP contribution in [-0.4, -0.2) is 36.2 Å². The number of hydrogen-bond donors (Lipinski definition) is 2. The minimum Gasteiger partial charge on any atom is -0.375 e. The van der Waals surface area contributed by atoms with E-state index in [0.29, 0.717) is 13.2 Å². The number of para-hydroxylation sites is 1. The van der Waals surface area contributed by atoms with Crippen LogP contribution in [0, 0.1) is 0 Å². The van der Waals surface area contributed by atoms with E-state index in [4.69, 9.17) is 4.74 Å². The number of nitrogens with zero attached hydrogens (tertiary/aromatic N) is 1. The second kappa shape index (κ2) is 7.53. The molecular weight excluding hydrogens is 346 g/mol. The van der Waals surface area contributed by atoms with Gasteiger partial charge in [-0.1, -0.05) is 24.3 Å². The quantitative estimate of drug-likeness (QED) is 0.743. The van der Waals surface area contributed by atoms with Gasteiger partial charge < -0.3 is 15.4 Å². The highest BCUT2D eigenvalue weighted by Crippen LogP contribution is 2.24. The molecule has 0 aliphatic carbocycles. The van der Waals surface area contributed by atoms with Crippen LogP contribution in [0.4, 0.5) is 5.69 Å². The van der Waals surface area contributed by atoms with Crippen molar-refractivity contribution in [1.82, 2.24) is 10.3 Å².